The summed E-state index contributed by atoms with van der Waals surface area (Å²) in [6, 6.07) is 13.7. The molecule has 1 N–H and O–H groups in total. The van der Waals surface area contributed by atoms with Gasteiger partial charge in [-0.25, -0.2) is 4.98 Å². The van der Waals surface area contributed by atoms with Gasteiger partial charge in [0, 0.05) is 6.54 Å². The Morgan fingerprint density at radius 3 is 2.81 bits per heavy atom. The number of hydrogen-bond acceptors (Lipinski definition) is 6. The van der Waals surface area contributed by atoms with Crippen molar-refractivity contribution in [3.63, 3.8) is 0 Å². The second-order valence-corrected chi connectivity index (χ2v) is 8.27. The van der Waals surface area contributed by atoms with Gasteiger partial charge in [-0.05, 0) is 42.7 Å². The van der Waals surface area contributed by atoms with Crippen molar-refractivity contribution in [1.82, 2.24) is 19.7 Å². The maximum atomic E-state index is 13.1. The summed E-state index contributed by atoms with van der Waals surface area (Å²) in [5.74, 6) is 1.86. The van der Waals surface area contributed by atoms with Crippen LogP contribution in [0.2, 0.25) is 5.02 Å². The molecule has 1 fully saturated rings. The summed E-state index contributed by atoms with van der Waals surface area (Å²) in [5.41, 5.74) is 2.91. The van der Waals surface area contributed by atoms with Crippen LogP contribution >= 0.6 is 11.6 Å². The SMILES string of the molecule is O=c1c(Cl)c(N2CCCC2c2ccc3c(c2)OCCO3)cnn1-c1nc2ccccc2[nH]1. The first-order valence-electron chi connectivity index (χ1n) is 10.6. The predicted molar refractivity (Wildman–Crippen MR) is 121 cm³/mol. The fraction of sp³-hybridized carbons (Fsp3) is 0.261. The van der Waals surface area contributed by atoms with E-state index in [2.05, 4.69) is 20.0 Å². The van der Waals surface area contributed by atoms with Gasteiger partial charge in [0.2, 0.25) is 5.95 Å². The number of fused-ring (bicyclic) bond motifs is 2. The zero-order valence-electron chi connectivity index (χ0n) is 17.1. The first-order chi connectivity index (χ1) is 15.7. The van der Waals surface area contributed by atoms with Crippen LogP contribution in [0.3, 0.4) is 0 Å². The van der Waals surface area contributed by atoms with Crippen LogP contribution in [-0.4, -0.2) is 39.5 Å². The van der Waals surface area contributed by atoms with E-state index >= 15 is 0 Å². The van der Waals surface area contributed by atoms with Crippen LogP contribution in [0.1, 0.15) is 24.4 Å². The fourth-order valence-electron chi connectivity index (χ4n) is 4.48. The smallest absolute Gasteiger partial charge is 0.295 e. The molecule has 8 nitrogen and oxygen atoms in total. The molecule has 2 aromatic heterocycles. The Bertz CT molecular complexity index is 1350. The lowest BCUT2D eigenvalue weighted by molar-refractivity contribution is 0.171. The molecule has 1 unspecified atom stereocenters. The Morgan fingerprint density at radius 2 is 1.94 bits per heavy atom. The second kappa shape index (κ2) is 7.56. The highest BCUT2D eigenvalue weighted by Gasteiger charge is 2.30. The summed E-state index contributed by atoms with van der Waals surface area (Å²) in [7, 11) is 0. The van der Waals surface area contributed by atoms with Crippen LogP contribution in [-0.2, 0) is 0 Å². The lowest BCUT2D eigenvalue weighted by atomic mass is 10.0. The Balaban J connectivity index is 1.36. The molecule has 2 aromatic carbocycles. The van der Waals surface area contributed by atoms with E-state index in [1.807, 2.05) is 42.5 Å². The van der Waals surface area contributed by atoms with Crippen LogP contribution in [0.5, 0.6) is 11.5 Å². The number of anilines is 1. The number of para-hydroxylation sites is 2. The molecule has 2 aliphatic rings. The number of ether oxygens (including phenoxy) is 2. The summed E-state index contributed by atoms with van der Waals surface area (Å²) in [6.07, 6.45) is 3.58. The van der Waals surface area contributed by atoms with Crippen molar-refractivity contribution in [2.24, 2.45) is 0 Å². The molecular weight excluding hydrogens is 430 g/mol. The van der Waals surface area contributed by atoms with Crippen LogP contribution in [0.25, 0.3) is 17.0 Å². The molecule has 4 aromatic rings. The second-order valence-electron chi connectivity index (χ2n) is 7.89. The van der Waals surface area contributed by atoms with Gasteiger partial charge in [-0.15, -0.1) is 0 Å². The minimum absolute atomic E-state index is 0.0755. The third-order valence-corrected chi connectivity index (χ3v) is 6.35. The van der Waals surface area contributed by atoms with Crippen molar-refractivity contribution in [3.05, 3.63) is 69.6 Å². The fourth-order valence-corrected chi connectivity index (χ4v) is 4.72. The Kier molecular flexibility index (Phi) is 4.53. The van der Waals surface area contributed by atoms with Gasteiger partial charge in [0.05, 0.1) is 29.0 Å². The maximum Gasteiger partial charge on any atom is 0.295 e. The summed E-state index contributed by atoms with van der Waals surface area (Å²) in [4.78, 5) is 22.8. The van der Waals surface area contributed by atoms with Gasteiger partial charge in [0.15, 0.2) is 11.5 Å². The van der Waals surface area contributed by atoms with Crippen molar-refractivity contribution in [2.45, 2.75) is 18.9 Å². The van der Waals surface area contributed by atoms with Crippen molar-refractivity contribution in [3.8, 4) is 17.4 Å². The molecule has 1 atom stereocenters. The minimum atomic E-state index is -0.406. The highest BCUT2D eigenvalue weighted by Crippen LogP contribution is 2.41. The van der Waals surface area contributed by atoms with Gasteiger partial charge in [-0.1, -0.05) is 29.8 Å². The summed E-state index contributed by atoms with van der Waals surface area (Å²) >= 11 is 6.59. The number of aromatic nitrogens is 4. The lowest BCUT2D eigenvalue weighted by Crippen LogP contribution is -2.29. The number of halogens is 1. The highest BCUT2D eigenvalue weighted by molar-refractivity contribution is 6.33. The van der Waals surface area contributed by atoms with E-state index in [4.69, 9.17) is 21.1 Å². The van der Waals surface area contributed by atoms with Crippen LogP contribution < -0.4 is 19.9 Å². The van der Waals surface area contributed by atoms with E-state index in [9.17, 15) is 4.79 Å². The number of nitrogens with one attached hydrogen (secondary N) is 1. The van der Waals surface area contributed by atoms with Gasteiger partial charge in [0.1, 0.15) is 18.2 Å². The van der Waals surface area contributed by atoms with Crippen LogP contribution in [0.15, 0.2) is 53.5 Å². The van der Waals surface area contributed by atoms with Crippen LogP contribution in [0.4, 0.5) is 5.69 Å². The quantitative estimate of drug-likeness (QED) is 0.511. The Labute approximate surface area is 188 Å². The summed E-state index contributed by atoms with van der Waals surface area (Å²) < 4.78 is 12.6. The minimum Gasteiger partial charge on any atom is -0.486 e. The molecule has 0 spiro atoms. The van der Waals surface area contributed by atoms with Gasteiger partial charge < -0.3 is 19.4 Å². The molecular formula is C23H20ClN5O3. The van der Waals surface area contributed by atoms with E-state index < -0.39 is 5.56 Å². The molecule has 0 aliphatic carbocycles. The number of H-pyrrole nitrogens is 1. The molecule has 2 aliphatic heterocycles. The lowest BCUT2D eigenvalue weighted by Gasteiger charge is -2.28. The van der Waals surface area contributed by atoms with E-state index in [0.717, 1.165) is 47.5 Å². The summed E-state index contributed by atoms with van der Waals surface area (Å²) in [5, 5.41) is 4.52. The average Bonchev–Trinajstić information content (AvgIpc) is 3.47. The number of aromatic amines is 1. The molecule has 4 heterocycles. The molecule has 0 saturated carbocycles. The van der Waals surface area contributed by atoms with Crippen molar-refractivity contribution in [1.29, 1.82) is 0 Å². The van der Waals surface area contributed by atoms with Crippen molar-refractivity contribution >= 4 is 28.3 Å². The number of imidazole rings is 1. The molecule has 162 valence electrons. The monoisotopic (exact) mass is 449 g/mol. The maximum absolute atomic E-state index is 13.1. The first kappa shape index (κ1) is 19.2. The van der Waals surface area contributed by atoms with Gasteiger partial charge in [-0.3, -0.25) is 4.79 Å². The van der Waals surface area contributed by atoms with Gasteiger partial charge in [-0.2, -0.15) is 9.78 Å². The standard InChI is InChI=1S/C23H20ClN5O3/c24-21-18(13-25-29(22(21)30)23-26-15-4-1-2-5-16(15)27-23)28-9-3-6-17(28)14-7-8-19-20(12-14)32-11-10-31-19/h1-2,4-5,7-8,12-13,17H,3,6,9-11H2,(H,26,27). The molecule has 0 radical (unpaired) electrons. The largest absolute Gasteiger partial charge is 0.486 e. The summed E-state index contributed by atoms with van der Waals surface area (Å²) in [6.45, 7) is 1.89. The van der Waals surface area contributed by atoms with Gasteiger partial charge in [0.25, 0.3) is 5.56 Å². The Hall–Kier alpha value is -3.52. The number of nitrogens with zero attached hydrogens (tertiary/aromatic N) is 4. The first-order valence-corrected chi connectivity index (χ1v) is 11.0. The molecule has 6 rings (SSSR count). The topological polar surface area (TPSA) is 85.3 Å². The van der Waals surface area contributed by atoms with E-state index in [-0.39, 0.29) is 11.1 Å². The average molecular weight is 450 g/mol. The number of benzene rings is 2. The van der Waals surface area contributed by atoms with Gasteiger partial charge >= 0.3 is 0 Å². The predicted octanol–water partition coefficient (Wildman–Crippen LogP) is 3.87. The molecule has 1 saturated heterocycles. The number of hydrogen-bond donors (Lipinski definition) is 1. The normalized spacial score (nSPS) is 17.8. The van der Waals surface area contributed by atoms with Crippen molar-refractivity contribution < 1.29 is 9.47 Å². The van der Waals surface area contributed by atoms with E-state index in [1.54, 1.807) is 6.20 Å². The molecule has 32 heavy (non-hydrogen) atoms. The highest BCUT2D eigenvalue weighted by atomic mass is 35.5. The van der Waals surface area contributed by atoms with E-state index in [0.29, 0.717) is 24.8 Å². The third kappa shape index (κ3) is 3.10. The molecule has 9 heteroatoms. The molecule has 0 amide bonds. The zero-order valence-corrected chi connectivity index (χ0v) is 17.9. The number of rotatable bonds is 3. The Morgan fingerprint density at radius 1 is 1.09 bits per heavy atom. The van der Waals surface area contributed by atoms with Crippen LogP contribution in [0, 0.1) is 0 Å². The van der Waals surface area contributed by atoms with E-state index in [1.165, 1.54) is 4.68 Å². The molecule has 0 bridgehead atoms. The van der Waals surface area contributed by atoms with Crippen molar-refractivity contribution in [2.75, 3.05) is 24.7 Å². The zero-order chi connectivity index (χ0) is 21.7. The third-order valence-electron chi connectivity index (χ3n) is 5.99.